The van der Waals surface area contributed by atoms with Crippen LogP contribution in [0.3, 0.4) is 0 Å². The van der Waals surface area contributed by atoms with Crippen molar-refractivity contribution in [3.63, 3.8) is 0 Å². The van der Waals surface area contributed by atoms with Gasteiger partial charge in [-0.2, -0.15) is 5.10 Å². The van der Waals surface area contributed by atoms with Gasteiger partial charge in [0, 0.05) is 24.5 Å². The molecule has 0 unspecified atom stereocenters. The van der Waals surface area contributed by atoms with Crippen molar-refractivity contribution in [2.45, 2.75) is 25.6 Å². The molecule has 1 aliphatic rings. The van der Waals surface area contributed by atoms with E-state index in [9.17, 15) is 9.59 Å². The number of rotatable bonds is 3. The minimum Gasteiger partial charge on any atom is -0.368 e. The molecule has 0 fully saturated rings. The van der Waals surface area contributed by atoms with Crippen LogP contribution in [0.5, 0.6) is 0 Å². The lowest BCUT2D eigenvalue weighted by atomic mass is 9.93. The zero-order valence-electron chi connectivity index (χ0n) is 13.6. The molecule has 0 radical (unpaired) electrons. The maximum absolute atomic E-state index is 12.8. The highest BCUT2D eigenvalue weighted by Gasteiger charge is 2.33. The maximum atomic E-state index is 12.8. The fraction of sp³-hybridized carbons (Fsp3) is 0.211. The second-order valence-corrected chi connectivity index (χ2v) is 6.30. The number of benzene rings is 2. The third-order valence-corrected chi connectivity index (χ3v) is 4.66. The summed E-state index contributed by atoms with van der Waals surface area (Å²) in [5.41, 5.74) is 8.51. The van der Waals surface area contributed by atoms with E-state index in [-0.39, 0.29) is 12.5 Å². The summed E-state index contributed by atoms with van der Waals surface area (Å²) in [7, 11) is 0. The standard InChI is InChI=1S/C19H18N4O2/c20-19(25)17-9-13-5-1-2-6-14(13)11-23(17)18(24)12-22-10-15-7-3-4-8-16(15)21-22/h1-8,10,17H,9,11-12H2,(H2,20,25)/t17-/m0/s1. The number of carbonyl (C=O) groups excluding carboxylic acids is 2. The van der Waals surface area contributed by atoms with E-state index in [4.69, 9.17) is 5.73 Å². The minimum atomic E-state index is -0.618. The van der Waals surface area contributed by atoms with Crippen molar-refractivity contribution in [1.29, 1.82) is 0 Å². The first-order valence-corrected chi connectivity index (χ1v) is 8.19. The number of hydrogen-bond acceptors (Lipinski definition) is 3. The predicted molar refractivity (Wildman–Crippen MR) is 93.4 cm³/mol. The Labute approximate surface area is 144 Å². The number of primary amides is 1. The number of carbonyl (C=O) groups is 2. The number of amides is 2. The molecule has 1 aliphatic heterocycles. The second-order valence-electron chi connectivity index (χ2n) is 6.30. The third-order valence-electron chi connectivity index (χ3n) is 4.66. The first kappa shape index (κ1) is 15.4. The van der Waals surface area contributed by atoms with Crippen molar-refractivity contribution >= 4 is 22.7 Å². The van der Waals surface area contributed by atoms with Crippen LogP contribution in [0.4, 0.5) is 0 Å². The van der Waals surface area contributed by atoms with Gasteiger partial charge in [-0.05, 0) is 17.2 Å². The van der Waals surface area contributed by atoms with Crippen molar-refractivity contribution < 1.29 is 9.59 Å². The van der Waals surface area contributed by atoms with E-state index in [1.165, 1.54) is 0 Å². The van der Waals surface area contributed by atoms with Gasteiger partial charge in [0.25, 0.3) is 0 Å². The van der Waals surface area contributed by atoms with Gasteiger partial charge in [0.2, 0.25) is 11.8 Å². The fourth-order valence-corrected chi connectivity index (χ4v) is 3.37. The van der Waals surface area contributed by atoms with Crippen LogP contribution in [0.15, 0.2) is 54.7 Å². The Balaban J connectivity index is 1.60. The molecule has 2 N–H and O–H groups in total. The van der Waals surface area contributed by atoms with Crippen molar-refractivity contribution in [2.75, 3.05) is 0 Å². The largest absolute Gasteiger partial charge is 0.368 e. The molecule has 0 spiro atoms. The molecule has 0 saturated carbocycles. The molecule has 6 heteroatoms. The summed E-state index contributed by atoms with van der Waals surface area (Å²) < 4.78 is 1.62. The predicted octanol–water partition coefficient (Wildman–Crippen LogP) is 1.48. The maximum Gasteiger partial charge on any atom is 0.245 e. The second kappa shape index (κ2) is 6.05. The molecule has 1 atom stereocenters. The van der Waals surface area contributed by atoms with Crippen LogP contribution in [0.25, 0.3) is 10.9 Å². The van der Waals surface area contributed by atoms with E-state index in [1.807, 2.05) is 54.7 Å². The van der Waals surface area contributed by atoms with E-state index >= 15 is 0 Å². The Kier molecular flexibility index (Phi) is 3.72. The molecule has 0 bridgehead atoms. The molecule has 0 saturated heterocycles. The van der Waals surface area contributed by atoms with E-state index in [1.54, 1.807) is 9.58 Å². The average molecular weight is 334 g/mol. The first-order chi connectivity index (χ1) is 12.1. The van der Waals surface area contributed by atoms with Gasteiger partial charge < -0.3 is 10.6 Å². The molecule has 2 aromatic carbocycles. The van der Waals surface area contributed by atoms with E-state index in [0.717, 1.165) is 22.0 Å². The van der Waals surface area contributed by atoms with Crippen molar-refractivity contribution in [1.82, 2.24) is 14.7 Å². The quantitative estimate of drug-likeness (QED) is 0.787. The van der Waals surface area contributed by atoms with Gasteiger partial charge in [-0.15, -0.1) is 0 Å². The monoisotopic (exact) mass is 334 g/mol. The minimum absolute atomic E-state index is 0.0840. The molecule has 1 aromatic heterocycles. The van der Waals surface area contributed by atoms with E-state index < -0.39 is 11.9 Å². The van der Waals surface area contributed by atoms with Gasteiger partial charge in [0.05, 0.1) is 5.52 Å². The van der Waals surface area contributed by atoms with Crippen molar-refractivity contribution in [2.24, 2.45) is 5.73 Å². The number of nitrogens with two attached hydrogens (primary N) is 1. The van der Waals surface area contributed by atoms with Gasteiger partial charge in [-0.25, -0.2) is 0 Å². The summed E-state index contributed by atoms with van der Waals surface area (Å²) in [6.07, 6.45) is 2.29. The molecular weight excluding hydrogens is 316 g/mol. The van der Waals surface area contributed by atoms with Crippen LogP contribution >= 0.6 is 0 Å². The molecule has 6 nitrogen and oxygen atoms in total. The van der Waals surface area contributed by atoms with E-state index in [0.29, 0.717) is 13.0 Å². The molecular formula is C19H18N4O2. The smallest absolute Gasteiger partial charge is 0.245 e. The first-order valence-electron chi connectivity index (χ1n) is 8.19. The molecule has 3 aromatic rings. The summed E-state index contributed by atoms with van der Waals surface area (Å²) in [5, 5.41) is 5.39. The summed E-state index contributed by atoms with van der Waals surface area (Å²) in [4.78, 5) is 26.3. The van der Waals surface area contributed by atoms with E-state index in [2.05, 4.69) is 5.10 Å². The van der Waals surface area contributed by atoms with Gasteiger partial charge in [0.1, 0.15) is 12.6 Å². The highest BCUT2D eigenvalue weighted by atomic mass is 16.2. The van der Waals surface area contributed by atoms with Crippen LogP contribution in [0, 0.1) is 0 Å². The van der Waals surface area contributed by atoms with Crippen LogP contribution in [-0.4, -0.2) is 32.5 Å². The Hall–Kier alpha value is -3.15. The van der Waals surface area contributed by atoms with Crippen LogP contribution < -0.4 is 5.73 Å². The van der Waals surface area contributed by atoms with Crippen LogP contribution in [-0.2, 0) is 29.1 Å². The van der Waals surface area contributed by atoms with Crippen molar-refractivity contribution in [3.8, 4) is 0 Å². The molecule has 2 amide bonds. The highest BCUT2D eigenvalue weighted by molar-refractivity contribution is 5.87. The Morgan fingerprint density at radius 1 is 1.08 bits per heavy atom. The molecule has 4 rings (SSSR count). The van der Waals surface area contributed by atoms with Crippen LogP contribution in [0.2, 0.25) is 0 Å². The number of hydrogen-bond donors (Lipinski definition) is 1. The lowest BCUT2D eigenvalue weighted by Crippen LogP contribution is -2.52. The van der Waals surface area contributed by atoms with Gasteiger partial charge in [-0.3, -0.25) is 14.3 Å². The summed E-state index contributed by atoms with van der Waals surface area (Å²) >= 11 is 0. The van der Waals surface area contributed by atoms with Crippen LogP contribution in [0.1, 0.15) is 11.1 Å². The van der Waals surface area contributed by atoms with Gasteiger partial charge >= 0.3 is 0 Å². The Morgan fingerprint density at radius 3 is 2.56 bits per heavy atom. The lowest BCUT2D eigenvalue weighted by molar-refractivity contribution is -0.141. The van der Waals surface area contributed by atoms with Crippen molar-refractivity contribution in [3.05, 3.63) is 65.9 Å². The molecule has 2 heterocycles. The normalized spacial score (nSPS) is 16.6. The SMILES string of the molecule is NC(=O)[C@@H]1Cc2ccccc2CN1C(=O)Cn1cc2ccccc2n1. The Morgan fingerprint density at radius 2 is 1.80 bits per heavy atom. The lowest BCUT2D eigenvalue weighted by Gasteiger charge is -2.35. The molecule has 126 valence electrons. The highest BCUT2D eigenvalue weighted by Crippen LogP contribution is 2.23. The topological polar surface area (TPSA) is 81.2 Å². The fourth-order valence-electron chi connectivity index (χ4n) is 3.37. The Bertz CT molecular complexity index is 930. The number of nitrogens with zero attached hydrogens (tertiary/aromatic N) is 3. The zero-order valence-corrected chi connectivity index (χ0v) is 13.6. The number of fused-ring (bicyclic) bond motifs is 2. The number of aromatic nitrogens is 2. The summed E-state index contributed by atoms with van der Waals surface area (Å²) in [5.74, 6) is -0.639. The average Bonchev–Trinajstić information content (AvgIpc) is 3.02. The molecule has 25 heavy (non-hydrogen) atoms. The summed E-state index contributed by atoms with van der Waals surface area (Å²) in [6.45, 7) is 0.476. The van der Waals surface area contributed by atoms with Gasteiger partial charge in [0.15, 0.2) is 0 Å². The summed E-state index contributed by atoms with van der Waals surface area (Å²) in [6, 6.07) is 14.9. The van der Waals surface area contributed by atoms with Gasteiger partial charge in [-0.1, -0.05) is 42.5 Å². The third kappa shape index (κ3) is 2.87. The molecule has 0 aliphatic carbocycles. The zero-order chi connectivity index (χ0) is 17.4.